The maximum Gasteiger partial charge on any atom is 0.205 e. The minimum Gasteiger partial charge on any atom is -0.497 e. The number of aromatic amines is 1. The van der Waals surface area contributed by atoms with Crippen molar-refractivity contribution in [3.8, 4) is 5.75 Å². The fourth-order valence-corrected chi connectivity index (χ4v) is 2.22. The molecule has 0 bridgehead atoms. The Balaban J connectivity index is 1.96. The van der Waals surface area contributed by atoms with Gasteiger partial charge in [-0.05, 0) is 36.8 Å². The molecule has 1 heterocycles. The molecule has 1 aromatic heterocycles. The van der Waals surface area contributed by atoms with Gasteiger partial charge >= 0.3 is 0 Å². The lowest BCUT2D eigenvalue weighted by molar-refractivity contribution is 0.415. The van der Waals surface area contributed by atoms with Crippen molar-refractivity contribution >= 4 is 34.3 Å². The fourth-order valence-electron chi connectivity index (χ4n) is 2.05. The standard InChI is InChI=1S/C15H14ClN3O/c1-9-11(16)4-3-5-12(9)17-15-18-13-7-6-10(20-2)8-14(13)19-15/h3-8H,1-2H3,(H2,17,18,19). The minimum atomic E-state index is 0.679. The molecule has 2 aromatic carbocycles. The van der Waals surface area contributed by atoms with E-state index in [2.05, 4.69) is 15.3 Å². The first-order valence-electron chi connectivity index (χ1n) is 6.23. The van der Waals surface area contributed by atoms with Crippen LogP contribution in [0.2, 0.25) is 5.02 Å². The van der Waals surface area contributed by atoms with E-state index in [0.29, 0.717) is 5.95 Å². The maximum absolute atomic E-state index is 6.11. The predicted molar refractivity (Wildman–Crippen MR) is 82.1 cm³/mol. The third-order valence-electron chi connectivity index (χ3n) is 3.21. The molecule has 20 heavy (non-hydrogen) atoms. The number of fused-ring (bicyclic) bond motifs is 1. The zero-order valence-corrected chi connectivity index (χ0v) is 12.0. The summed E-state index contributed by atoms with van der Waals surface area (Å²) in [6, 6.07) is 11.5. The van der Waals surface area contributed by atoms with E-state index in [4.69, 9.17) is 16.3 Å². The van der Waals surface area contributed by atoms with Crippen molar-refractivity contribution in [2.24, 2.45) is 0 Å². The molecule has 0 aliphatic carbocycles. The SMILES string of the molecule is COc1ccc2nc(Nc3cccc(Cl)c3C)[nH]c2c1. The molecule has 0 spiro atoms. The molecule has 0 saturated heterocycles. The van der Waals surface area contributed by atoms with Crippen molar-refractivity contribution in [1.29, 1.82) is 0 Å². The molecule has 0 aliphatic rings. The number of nitrogens with zero attached hydrogens (tertiary/aromatic N) is 1. The zero-order valence-electron chi connectivity index (χ0n) is 11.2. The van der Waals surface area contributed by atoms with Gasteiger partial charge in [0.15, 0.2) is 0 Å². The quantitative estimate of drug-likeness (QED) is 0.756. The highest BCUT2D eigenvalue weighted by Crippen LogP contribution is 2.27. The van der Waals surface area contributed by atoms with Crippen LogP contribution in [0, 0.1) is 6.92 Å². The molecule has 0 saturated carbocycles. The molecule has 0 unspecified atom stereocenters. The van der Waals surface area contributed by atoms with Crippen molar-refractivity contribution in [2.75, 3.05) is 12.4 Å². The molecule has 0 atom stereocenters. The number of methoxy groups -OCH3 is 1. The molecule has 4 nitrogen and oxygen atoms in total. The molecule has 0 radical (unpaired) electrons. The lowest BCUT2D eigenvalue weighted by Crippen LogP contribution is -1.94. The summed E-state index contributed by atoms with van der Waals surface area (Å²) in [5.41, 5.74) is 3.73. The Morgan fingerprint density at radius 3 is 2.90 bits per heavy atom. The Morgan fingerprint density at radius 2 is 2.10 bits per heavy atom. The number of hydrogen-bond donors (Lipinski definition) is 2. The molecule has 102 valence electrons. The van der Waals surface area contributed by atoms with Crippen molar-refractivity contribution in [2.45, 2.75) is 6.92 Å². The van der Waals surface area contributed by atoms with Gasteiger partial charge in [-0.1, -0.05) is 17.7 Å². The molecule has 5 heteroatoms. The zero-order chi connectivity index (χ0) is 14.1. The summed E-state index contributed by atoms with van der Waals surface area (Å²) < 4.78 is 5.20. The van der Waals surface area contributed by atoms with Crippen LogP contribution in [0.25, 0.3) is 11.0 Å². The van der Waals surface area contributed by atoms with E-state index in [0.717, 1.165) is 33.1 Å². The molecule has 3 rings (SSSR count). The van der Waals surface area contributed by atoms with Gasteiger partial charge in [0.05, 0.1) is 18.1 Å². The van der Waals surface area contributed by atoms with Crippen molar-refractivity contribution in [3.63, 3.8) is 0 Å². The lowest BCUT2D eigenvalue weighted by atomic mass is 10.2. The van der Waals surface area contributed by atoms with E-state index < -0.39 is 0 Å². The first-order valence-corrected chi connectivity index (χ1v) is 6.61. The molecule has 0 aliphatic heterocycles. The number of H-pyrrole nitrogens is 1. The molecule has 2 N–H and O–H groups in total. The second-order valence-corrected chi connectivity index (χ2v) is 4.91. The number of hydrogen-bond acceptors (Lipinski definition) is 3. The third kappa shape index (κ3) is 2.30. The number of anilines is 2. The first kappa shape index (κ1) is 12.8. The van der Waals surface area contributed by atoms with Crippen molar-refractivity contribution in [3.05, 3.63) is 47.0 Å². The predicted octanol–water partition coefficient (Wildman–Crippen LogP) is 4.28. The number of benzene rings is 2. The topological polar surface area (TPSA) is 49.9 Å². The summed E-state index contributed by atoms with van der Waals surface area (Å²) in [4.78, 5) is 7.71. The molecule has 0 amide bonds. The highest BCUT2D eigenvalue weighted by Gasteiger charge is 2.07. The van der Waals surface area contributed by atoms with Gasteiger partial charge in [-0.2, -0.15) is 0 Å². The van der Waals surface area contributed by atoms with Crippen LogP contribution in [0.4, 0.5) is 11.6 Å². The number of halogens is 1. The van der Waals surface area contributed by atoms with Crippen LogP contribution in [0.5, 0.6) is 5.75 Å². The molecule has 0 fully saturated rings. The van der Waals surface area contributed by atoms with E-state index >= 15 is 0 Å². The van der Waals surface area contributed by atoms with Gasteiger partial charge in [0.1, 0.15) is 5.75 Å². The van der Waals surface area contributed by atoms with Gasteiger partial charge in [-0.15, -0.1) is 0 Å². The van der Waals surface area contributed by atoms with Crippen LogP contribution < -0.4 is 10.1 Å². The Labute approximate surface area is 121 Å². The summed E-state index contributed by atoms with van der Waals surface area (Å²) in [7, 11) is 1.64. The van der Waals surface area contributed by atoms with Gasteiger partial charge in [-0.3, -0.25) is 0 Å². The highest BCUT2D eigenvalue weighted by atomic mass is 35.5. The summed E-state index contributed by atoms with van der Waals surface area (Å²) in [6.45, 7) is 1.97. The van der Waals surface area contributed by atoms with Crippen molar-refractivity contribution < 1.29 is 4.74 Å². The van der Waals surface area contributed by atoms with Crippen LogP contribution >= 0.6 is 11.6 Å². The van der Waals surface area contributed by atoms with Crippen molar-refractivity contribution in [1.82, 2.24) is 9.97 Å². The van der Waals surface area contributed by atoms with Crippen LogP contribution in [-0.4, -0.2) is 17.1 Å². The average Bonchev–Trinajstić information content (AvgIpc) is 2.85. The largest absolute Gasteiger partial charge is 0.497 e. The number of ether oxygens (including phenoxy) is 1. The monoisotopic (exact) mass is 287 g/mol. The lowest BCUT2D eigenvalue weighted by Gasteiger charge is -2.07. The summed E-state index contributed by atoms with van der Waals surface area (Å²) in [5, 5.41) is 3.98. The second kappa shape index (κ2) is 5.06. The van der Waals surface area contributed by atoms with E-state index in [1.54, 1.807) is 7.11 Å². The normalized spacial score (nSPS) is 10.8. The van der Waals surface area contributed by atoms with Crippen LogP contribution in [0.3, 0.4) is 0 Å². The van der Waals surface area contributed by atoms with Crippen LogP contribution in [0.1, 0.15) is 5.56 Å². The van der Waals surface area contributed by atoms with Crippen LogP contribution in [-0.2, 0) is 0 Å². The molecular formula is C15H14ClN3O. The molecule has 3 aromatic rings. The Morgan fingerprint density at radius 1 is 1.25 bits per heavy atom. The van der Waals surface area contributed by atoms with Gasteiger partial charge in [0.25, 0.3) is 0 Å². The summed E-state index contributed by atoms with van der Waals surface area (Å²) in [6.07, 6.45) is 0. The van der Waals surface area contributed by atoms with E-state index in [1.165, 1.54) is 0 Å². The second-order valence-electron chi connectivity index (χ2n) is 4.51. The third-order valence-corrected chi connectivity index (χ3v) is 3.62. The highest BCUT2D eigenvalue weighted by molar-refractivity contribution is 6.31. The van der Waals surface area contributed by atoms with Gasteiger partial charge in [0.2, 0.25) is 5.95 Å². The maximum atomic E-state index is 6.11. The van der Waals surface area contributed by atoms with Gasteiger partial charge in [-0.25, -0.2) is 4.98 Å². The average molecular weight is 288 g/mol. The van der Waals surface area contributed by atoms with E-state index in [1.807, 2.05) is 43.3 Å². The number of imidazole rings is 1. The van der Waals surface area contributed by atoms with Gasteiger partial charge < -0.3 is 15.0 Å². The van der Waals surface area contributed by atoms with Crippen LogP contribution in [0.15, 0.2) is 36.4 Å². The van der Waals surface area contributed by atoms with E-state index in [9.17, 15) is 0 Å². The Kier molecular flexibility index (Phi) is 3.24. The Hall–Kier alpha value is -2.20. The summed E-state index contributed by atoms with van der Waals surface area (Å²) in [5.74, 6) is 1.48. The first-order chi connectivity index (χ1) is 9.67. The molecular weight excluding hydrogens is 274 g/mol. The smallest absolute Gasteiger partial charge is 0.205 e. The number of nitrogens with one attached hydrogen (secondary N) is 2. The number of aromatic nitrogens is 2. The summed E-state index contributed by atoms with van der Waals surface area (Å²) >= 11 is 6.11. The van der Waals surface area contributed by atoms with E-state index in [-0.39, 0.29) is 0 Å². The number of rotatable bonds is 3. The van der Waals surface area contributed by atoms with Gasteiger partial charge in [0, 0.05) is 16.8 Å². The Bertz CT molecular complexity index is 767. The minimum absolute atomic E-state index is 0.679. The fraction of sp³-hybridized carbons (Fsp3) is 0.133.